The van der Waals surface area contributed by atoms with E-state index in [4.69, 9.17) is 4.52 Å². The Morgan fingerprint density at radius 2 is 2.18 bits per heavy atom. The van der Waals surface area contributed by atoms with Gasteiger partial charge in [0.25, 0.3) is 5.89 Å². The van der Waals surface area contributed by atoms with Gasteiger partial charge in [0.05, 0.1) is 5.56 Å². The van der Waals surface area contributed by atoms with Crippen molar-refractivity contribution in [1.29, 1.82) is 0 Å². The Bertz CT molecular complexity index is 576. The fourth-order valence-corrected chi connectivity index (χ4v) is 2.03. The van der Waals surface area contributed by atoms with E-state index < -0.39 is 0 Å². The summed E-state index contributed by atoms with van der Waals surface area (Å²) in [5.41, 5.74) is 0.631. The van der Waals surface area contributed by atoms with Crippen LogP contribution in [-0.2, 0) is 5.41 Å². The van der Waals surface area contributed by atoms with E-state index >= 15 is 0 Å². The lowest BCUT2D eigenvalue weighted by Gasteiger charge is -2.00. The fraction of sp³-hybridized carbons (Fsp3) is 0.333. The first-order valence-corrected chi connectivity index (χ1v) is 6.21. The van der Waals surface area contributed by atoms with Crippen LogP contribution in [0.3, 0.4) is 0 Å². The second-order valence-corrected chi connectivity index (χ2v) is 5.56. The van der Waals surface area contributed by atoms with Gasteiger partial charge < -0.3 is 9.63 Å². The smallest absolute Gasteiger partial charge is 0.261 e. The predicted molar refractivity (Wildman–Crippen MR) is 65.7 cm³/mol. The molecular weight excluding hydrogens is 284 g/mol. The van der Waals surface area contributed by atoms with E-state index in [-0.39, 0.29) is 11.2 Å². The van der Waals surface area contributed by atoms with E-state index in [0.717, 1.165) is 23.1 Å². The van der Waals surface area contributed by atoms with Crippen LogP contribution in [0.15, 0.2) is 27.2 Å². The standard InChI is InChI=1S/C12H11BrN2O2/c1-12(4-5-12)11-14-10(17-15-11)8-6-7(13)2-3-9(8)16/h2-3,6,16H,4-5H2,1H3. The average Bonchev–Trinajstić information content (AvgIpc) is 2.88. The summed E-state index contributed by atoms with van der Waals surface area (Å²) in [6.07, 6.45) is 2.19. The van der Waals surface area contributed by atoms with Gasteiger partial charge in [0, 0.05) is 9.89 Å². The number of hydrogen-bond acceptors (Lipinski definition) is 4. The zero-order chi connectivity index (χ0) is 12.0. The summed E-state index contributed by atoms with van der Waals surface area (Å²) in [5, 5.41) is 13.8. The molecule has 1 heterocycles. The maximum atomic E-state index is 9.77. The first-order valence-electron chi connectivity index (χ1n) is 5.42. The van der Waals surface area contributed by atoms with E-state index in [9.17, 15) is 5.11 Å². The van der Waals surface area contributed by atoms with Gasteiger partial charge in [-0.2, -0.15) is 4.98 Å². The van der Waals surface area contributed by atoms with Crippen molar-refractivity contribution in [3.05, 3.63) is 28.5 Å². The van der Waals surface area contributed by atoms with Crippen molar-refractivity contribution in [3.8, 4) is 17.2 Å². The van der Waals surface area contributed by atoms with Crippen LogP contribution in [0.1, 0.15) is 25.6 Å². The van der Waals surface area contributed by atoms with Crippen LogP contribution in [0.25, 0.3) is 11.5 Å². The number of aromatic nitrogens is 2. The summed E-state index contributed by atoms with van der Waals surface area (Å²) in [4.78, 5) is 4.36. The number of nitrogens with zero attached hydrogens (tertiary/aromatic N) is 2. The number of phenolic OH excluding ortho intramolecular Hbond substituents is 1. The van der Waals surface area contributed by atoms with E-state index in [1.807, 2.05) is 0 Å². The van der Waals surface area contributed by atoms with Crippen LogP contribution in [-0.4, -0.2) is 15.2 Å². The SMILES string of the molecule is CC1(c2noc(-c3cc(Br)ccc3O)n2)CC1. The number of halogens is 1. The molecule has 0 radical (unpaired) electrons. The Morgan fingerprint density at radius 1 is 1.41 bits per heavy atom. The van der Waals surface area contributed by atoms with E-state index in [0.29, 0.717) is 11.5 Å². The molecule has 1 fully saturated rings. The number of rotatable bonds is 2. The number of hydrogen-bond donors (Lipinski definition) is 1. The quantitative estimate of drug-likeness (QED) is 0.924. The van der Waals surface area contributed by atoms with Gasteiger partial charge in [-0.05, 0) is 31.0 Å². The molecule has 1 aromatic heterocycles. The molecule has 1 aliphatic carbocycles. The maximum absolute atomic E-state index is 9.77. The zero-order valence-electron chi connectivity index (χ0n) is 9.27. The van der Waals surface area contributed by atoms with Crippen LogP contribution < -0.4 is 0 Å². The Morgan fingerprint density at radius 3 is 2.88 bits per heavy atom. The molecule has 0 amide bonds. The van der Waals surface area contributed by atoms with Crippen molar-refractivity contribution in [2.24, 2.45) is 0 Å². The van der Waals surface area contributed by atoms with Crippen molar-refractivity contribution in [2.75, 3.05) is 0 Å². The van der Waals surface area contributed by atoms with Crippen LogP contribution in [0.4, 0.5) is 0 Å². The van der Waals surface area contributed by atoms with E-state index in [1.54, 1.807) is 18.2 Å². The molecule has 0 spiro atoms. The minimum absolute atomic E-state index is 0.0728. The summed E-state index contributed by atoms with van der Waals surface area (Å²) in [6, 6.07) is 5.13. The van der Waals surface area contributed by atoms with Gasteiger partial charge in [0.2, 0.25) is 0 Å². The van der Waals surface area contributed by atoms with Crippen LogP contribution >= 0.6 is 15.9 Å². The highest BCUT2D eigenvalue weighted by molar-refractivity contribution is 9.10. The Labute approximate surface area is 107 Å². The van der Waals surface area contributed by atoms with Crippen molar-refractivity contribution < 1.29 is 9.63 Å². The third-order valence-electron chi connectivity index (χ3n) is 3.15. The molecular formula is C12H11BrN2O2. The van der Waals surface area contributed by atoms with E-state index in [2.05, 4.69) is 33.0 Å². The van der Waals surface area contributed by atoms with Crippen molar-refractivity contribution >= 4 is 15.9 Å². The monoisotopic (exact) mass is 294 g/mol. The molecule has 0 atom stereocenters. The Balaban J connectivity index is 2.03. The molecule has 1 N–H and O–H groups in total. The highest BCUT2D eigenvalue weighted by atomic mass is 79.9. The predicted octanol–water partition coefficient (Wildman–Crippen LogP) is 3.26. The minimum atomic E-state index is 0.0728. The molecule has 17 heavy (non-hydrogen) atoms. The molecule has 1 aliphatic rings. The van der Waals surface area contributed by atoms with Crippen molar-refractivity contribution in [2.45, 2.75) is 25.2 Å². The normalized spacial score (nSPS) is 17.1. The molecule has 1 saturated carbocycles. The van der Waals surface area contributed by atoms with Gasteiger partial charge in [-0.25, -0.2) is 0 Å². The largest absolute Gasteiger partial charge is 0.507 e. The van der Waals surface area contributed by atoms with Crippen LogP contribution in [0, 0.1) is 0 Å². The molecule has 2 aromatic rings. The van der Waals surface area contributed by atoms with Crippen LogP contribution in [0.5, 0.6) is 5.75 Å². The third kappa shape index (κ3) is 1.84. The van der Waals surface area contributed by atoms with Crippen molar-refractivity contribution in [1.82, 2.24) is 10.1 Å². The molecule has 88 valence electrons. The van der Waals surface area contributed by atoms with Gasteiger partial charge in [-0.1, -0.05) is 28.0 Å². The molecule has 0 saturated heterocycles. The highest BCUT2D eigenvalue weighted by Gasteiger charge is 2.43. The van der Waals surface area contributed by atoms with Gasteiger partial charge in [-0.15, -0.1) is 0 Å². The first-order chi connectivity index (χ1) is 8.08. The number of benzene rings is 1. The topological polar surface area (TPSA) is 59.2 Å². The summed E-state index contributed by atoms with van der Waals surface area (Å²) >= 11 is 3.35. The summed E-state index contributed by atoms with van der Waals surface area (Å²) in [6.45, 7) is 2.11. The average molecular weight is 295 g/mol. The fourth-order valence-electron chi connectivity index (χ4n) is 1.67. The first kappa shape index (κ1) is 10.8. The number of aromatic hydroxyl groups is 1. The molecule has 4 nitrogen and oxygen atoms in total. The third-order valence-corrected chi connectivity index (χ3v) is 3.65. The van der Waals surface area contributed by atoms with Gasteiger partial charge in [0.1, 0.15) is 5.75 Å². The molecule has 0 aliphatic heterocycles. The maximum Gasteiger partial charge on any atom is 0.261 e. The molecule has 3 rings (SSSR count). The van der Waals surface area contributed by atoms with E-state index in [1.165, 1.54) is 0 Å². The Kier molecular flexibility index (Phi) is 2.26. The highest BCUT2D eigenvalue weighted by Crippen LogP contribution is 2.46. The van der Waals surface area contributed by atoms with Crippen LogP contribution in [0.2, 0.25) is 0 Å². The zero-order valence-corrected chi connectivity index (χ0v) is 10.9. The second kappa shape index (κ2) is 3.57. The molecule has 0 unspecified atom stereocenters. The lowest BCUT2D eigenvalue weighted by molar-refractivity contribution is 0.411. The summed E-state index contributed by atoms with van der Waals surface area (Å²) < 4.78 is 6.07. The molecule has 0 bridgehead atoms. The number of phenols is 1. The molecule has 1 aromatic carbocycles. The lowest BCUT2D eigenvalue weighted by Crippen LogP contribution is -2.01. The summed E-state index contributed by atoms with van der Waals surface area (Å²) in [5.74, 6) is 1.24. The minimum Gasteiger partial charge on any atom is -0.507 e. The van der Waals surface area contributed by atoms with Gasteiger partial charge in [0.15, 0.2) is 5.82 Å². The van der Waals surface area contributed by atoms with Crippen molar-refractivity contribution in [3.63, 3.8) is 0 Å². The lowest BCUT2D eigenvalue weighted by atomic mass is 10.1. The summed E-state index contributed by atoms with van der Waals surface area (Å²) in [7, 11) is 0. The Hall–Kier alpha value is -1.36. The second-order valence-electron chi connectivity index (χ2n) is 4.65. The van der Waals surface area contributed by atoms with Gasteiger partial charge in [-0.3, -0.25) is 0 Å². The molecule has 5 heteroatoms. The van der Waals surface area contributed by atoms with Gasteiger partial charge >= 0.3 is 0 Å².